The van der Waals surface area contributed by atoms with E-state index in [0.717, 1.165) is 4.24 Å². The molecule has 0 aliphatic heterocycles. The maximum Gasteiger partial charge on any atom is 4.00 e. The Bertz CT molecular complexity index is 20.5. The minimum atomic E-state index is 0. The van der Waals surface area contributed by atoms with E-state index in [0.29, 0.717) is 0 Å². The topological polar surface area (TPSA) is 0 Å². The van der Waals surface area contributed by atoms with Gasteiger partial charge < -0.3 is 74.4 Å². The first-order chi connectivity index (χ1) is 1.41. The summed E-state index contributed by atoms with van der Waals surface area (Å²) in [5.74, 6) is 0. The number of alkyl halides is 2. The Morgan fingerprint density at radius 2 is 0.636 bits per heavy atom. The number of rotatable bonds is 0. The molecule has 0 aliphatic rings. The molecule has 0 bridgehead atoms. The first kappa shape index (κ1) is 81.3. The molecule has 0 fully saturated rings. The van der Waals surface area contributed by atoms with Crippen molar-refractivity contribution < 1.29 is 116 Å². The van der Waals surface area contributed by atoms with Crippen LogP contribution in [0.3, 0.4) is 0 Å². The maximum absolute atomic E-state index is 3.06. The van der Waals surface area contributed by atoms with Crippen LogP contribution >= 0.6 is 31.9 Å². The third-order valence-corrected chi connectivity index (χ3v) is 0. The van der Waals surface area contributed by atoms with E-state index in [2.05, 4.69) is 31.9 Å². The Balaban J connectivity index is -0.000000000714. The molecule has 11 heavy (non-hydrogen) atoms. The molecule has 0 amide bonds. The van der Waals surface area contributed by atoms with Gasteiger partial charge in [0.2, 0.25) is 0 Å². The minimum absolute atomic E-state index is 0. The molecule has 0 unspecified atom stereocenters. The van der Waals surface area contributed by atoms with Crippen molar-refractivity contribution in [2.24, 2.45) is 0 Å². The molecule has 0 N–H and O–H groups in total. The van der Waals surface area contributed by atoms with E-state index in [-0.39, 0.29) is 116 Å². The summed E-state index contributed by atoms with van der Waals surface area (Å²) in [6, 6.07) is 0. The van der Waals surface area contributed by atoms with Gasteiger partial charge in [-0.2, -0.15) is 0 Å². The predicted octanol–water partition coefficient (Wildman–Crippen LogP) is -16.2. The van der Waals surface area contributed by atoms with Gasteiger partial charge in [0.1, 0.15) is 0 Å². The number of halogens is 8. The Kier molecular flexibility index (Phi) is 695. The van der Waals surface area contributed by atoms with Crippen molar-refractivity contribution in [1.29, 1.82) is 0 Å². The summed E-state index contributed by atoms with van der Waals surface area (Å²) in [7, 11) is 0. The van der Waals surface area contributed by atoms with Crippen LogP contribution in [-0.4, -0.2) is 4.24 Å². The second-order valence-corrected chi connectivity index (χ2v) is 2.73. The molecule has 0 radical (unpaired) electrons. The van der Waals surface area contributed by atoms with Crippen molar-refractivity contribution in [3.05, 3.63) is 0 Å². The van der Waals surface area contributed by atoms with Crippen molar-refractivity contribution in [3.63, 3.8) is 0 Å². The predicted molar refractivity (Wildman–Crippen MR) is 22.7 cm³/mol. The largest absolute Gasteiger partial charge is 4.00 e. The molecule has 0 saturated carbocycles. The van der Waals surface area contributed by atoms with Crippen molar-refractivity contribution in [2.75, 3.05) is 4.24 Å². The summed E-state index contributed by atoms with van der Waals surface area (Å²) >= 11 is 6.12. The molecule has 0 rings (SSSR count). The van der Waals surface area contributed by atoms with Gasteiger partial charge in [-0.25, -0.2) is 0 Å². The molecule has 0 spiro atoms. The third-order valence-electron chi connectivity index (χ3n) is 0. The molecule has 10 heteroatoms. The molecule has 0 nitrogen and oxygen atoms in total. The average molecular weight is 500 g/mol. The molecule has 0 saturated heterocycles. The SMILES string of the molecule is BrCBr.[Cl-].[Cl-].[Cl-].[Cl-].[Cl-].[Cl-].[Ti+4].[Zn+2]. The van der Waals surface area contributed by atoms with Crippen molar-refractivity contribution in [3.8, 4) is 0 Å². The molecule has 0 heterocycles. The maximum atomic E-state index is 3.06. The molecular formula is CH2Br2Cl6TiZn. The molecule has 0 aliphatic carbocycles. The molecular weight excluding hydrogens is 498 g/mol. The van der Waals surface area contributed by atoms with E-state index >= 15 is 0 Å². The van der Waals surface area contributed by atoms with Crippen LogP contribution in [-0.2, 0) is 41.2 Å². The van der Waals surface area contributed by atoms with E-state index in [1.54, 1.807) is 0 Å². The Morgan fingerprint density at radius 3 is 0.636 bits per heavy atom. The smallest absolute Gasteiger partial charge is 1.00 e. The van der Waals surface area contributed by atoms with Crippen LogP contribution in [0, 0.1) is 0 Å². The fraction of sp³-hybridized carbons (Fsp3) is 1.00. The normalized spacial score (nSPS) is 1.64. The summed E-state index contributed by atoms with van der Waals surface area (Å²) in [6.07, 6.45) is 0. The summed E-state index contributed by atoms with van der Waals surface area (Å²) in [5, 5.41) is 0. The fourth-order valence-corrected chi connectivity index (χ4v) is 0. The quantitative estimate of drug-likeness (QED) is 0.230. The molecule has 0 aromatic rings. The van der Waals surface area contributed by atoms with Crippen molar-refractivity contribution in [1.82, 2.24) is 0 Å². The van der Waals surface area contributed by atoms with Crippen LogP contribution < -0.4 is 74.4 Å². The Morgan fingerprint density at radius 1 is 0.636 bits per heavy atom. The van der Waals surface area contributed by atoms with E-state index in [4.69, 9.17) is 0 Å². The zero-order valence-corrected chi connectivity index (χ0v) is 17.2. The molecule has 0 atom stereocenters. The summed E-state index contributed by atoms with van der Waals surface area (Å²) in [6.45, 7) is 0. The first-order valence-corrected chi connectivity index (χ1v) is 2.78. The van der Waals surface area contributed by atoms with Crippen LogP contribution in [0.1, 0.15) is 0 Å². The first-order valence-electron chi connectivity index (χ1n) is 0.535. The second-order valence-electron chi connectivity index (χ2n) is 0.101. The molecule has 0 aromatic heterocycles. The van der Waals surface area contributed by atoms with E-state index in [1.807, 2.05) is 0 Å². The monoisotopic (exact) mass is 494 g/mol. The van der Waals surface area contributed by atoms with E-state index in [9.17, 15) is 0 Å². The van der Waals surface area contributed by atoms with Crippen LogP contribution in [0.4, 0.5) is 0 Å². The van der Waals surface area contributed by atoms with E-state index in [1.165, 1.54) is 0 Å². The van der Waals surface area contributed by atoms with Crippen molar-refractivity contribution >= 4 is 31.9 Å². The number of hydrogen-bond donors (Lipinski definition) is 0. The molecule has 0 aromatic carbocycles. The van der Waals surface area contributed by atoms with Crippen molar-refractivity contribution in [2.45, 2.75) is 0 Å². The standard InChI is InChI=1S/CH2Br2.6ClH.Ti.Zn/c2-1-3;;;;;;;;/h1H2;6*1H;;/q;;;;;;;+4;+2/p-6. The van der Waals surface area contributed by atoms with Gasteiger partial charge in [-0.15, -0.1) is 0 Å². The van der Waals surface area contributed by atoms with Crippen LogP contribution in [0.2, 0.25) is 0 Å². The minimum Gasteiger partial charge on any atom is -1.00 e. The second kappa shape index (κ2) is 94.0. The zero-order chi connectivity index (χ0) is 2.71. The average Bonchev–Trinajstić information content (AvgIpc) is 0.918. The zero-order valence-electron chi connectivity index (χ0n) is 4.94. The van der Waals surface area contributed by atoms with Gasteiger partial charge in [0.15, 0.2) is 0 Å². The Hall–Kier alpha value is 4.04. The summed E-state index contributed by atoms with van der Waals surface area (Å²) in [4.78, 5) is 0. The molecule has 68 valence electrons. The van der Waals surface area contributed by atoms with Gasteiger partial charge in [-0.1, -0.05) is 31.9 Å². The van der Waals surface area contributed by atoms with E-state index < -0.39 is 0 Å². The van der Waals surface area contributed by atoms with Gasteiger partial charge in [0, 0.05) is 0 Å². The van der Waals surface area contributed by atoms with Crippen LogP contribution in [0.25, 0.3) is 0 Å². The summed E-state index contributed by atoms with van der Waals surface area (Å²) in [5.41, 5.74) is 0. The fourth-order valence-electron chi connectivity index (χ4n) is 0. The van der Waals surface area contributed by atoms with Gasteiger partial charge in [0.25, 0.3) is 0 Å². The third kappa shape index (κ3) is 125. The summed E-state index contributed by atoms with van der Waals surface area (Å²) < 4.78 is 0.875. The van der Waals surface area contributed by atoms with Crippen LogP contribution in [0.5, 0.6) is 0 Å². The van der Waals surface area contributed by atoms with Gasteiger partial charge in [-0.05, 0) is 0 Å². The van der Waals surface area contributed by atoms with Gasteiger partial charge in [0.05, 0.1) is 4.24 Å². The van der Waals surface area contributed by atoms with Gasteiger partial charge >= 0.3 is 41.2 Å². The van der Waals surface area contributed by atoms with Gasteiger partial charge in [-0.3, -0.25) is 0 Å². The number of hydrogen-bond acceptors (Lipinski definition) is 0. The Labute approximate surface area is 149 Å². The van der Waals surface area contributed by atoms with Crippen LogP contribution in [0.15, 0.2) is 0 Å².